The van der Waals surface area contributed by atoms with Crippen molar-refractivity contribution in [1.82, 2.24) is 0 Å². The molecule has 0 rings (SSSR count). The van der Waals surface area contributed by atoms with Crippen LogP contribution in [0.3, 0.4) is 0 Å². The summed E-state index contributed by atoms with van der Waals surface area (Å²) in [4.78, 5) is 45.5. The molecule has 8 heteroatoms. The normalized spacial score (nSPS) is 12.3. The fourth-order valence-corrected chi connectivity index (χ4v) is 4.15. The predicted octanol–water partition coefficient (Wildman–Crippen LogP) is 10.1. The van der Waals surface area contributed by atoms with Gasteiger partial charge in [0.1, 0.15) is 0 Å². The maximum absolute atomic E-state index is 11.4. The molecule has 0 unspecified atom stereocenters. The quantitative estimate of drug-likeness (QED) is 0.0367. The van der Waals surface area contributed by atoms with Gasteiger partial charge in [-0.2, -0.15) is 0 Å². The second-order valence-corrected chi connectivity index (χ2v) is 10.7. The summed E-state index contributed by atoms with van der Waals surface area (Å²) in [5, 5.41) is 37.2. The maximum Gasteiger partial charge on any atom is 0.332 e. The van der Waals surface area contributed by atoms with Crippen LogP contribution in [0.5, 0.6) is 0 Å². The molecule has 0 saturated heterocycles. The molecule has 0 heterocycles. The molecule has 8 nitrogen and oxygen atoms in total. The minimum atomic E-state index is -1.18. The van der Waals surface area contributed by atoms with Crippen LogP contribution in [-0.2, 0) is 19.2 Å². The number of hydrogen-bond donors (Lipinski definition) is 4. The van der Waals surface area contributed by atoms with Gasteiger partial charge in [-0.3, -0.25) is 0 Å². The van der Waals surface area contributed by atoms with Gasteiger partial charge in [-0.05, 0) is 103 Å². The van der Waals surface area contributed by atoms with Gasteiger partial charge in [-0.15, -0.1) is 26.3 Å². The van der Waals surface area contributed by atoms with Gasteiger partial charge in [0.2, 0.25) is 0 Å². The van der Waals surface area contributed by atoms with E-state index in [0.717, 1.165) is 77.0 Å². The van der Waals surface area contributed by atoms with Gasteiger partial charge in [0.05, 0.1) is 22.3 Å². The summed E-state index contributed by atoms with van der Waals surface area (Å²) in [6.45, 7) is 14.6. The van der Waals surface area contributed by atoms with Gasteiger partial charge in [0.15, 0.2) is 0 Å². The van der Waals surface area contributed by atoms with Crippen molar-refractivity contribution >= 4 is 23.9 Å². The summed E-state index contributed by atoms with van der Waals surface area (Å²) < 4.78 is 0. The Balaban J connectivity index is 0. The van der Waals surface area contributed by atoms with Crippen LogP contribution in [0, 0.1) is 0 Å². The van der Waals surface area contributed by atoms with E-state index >= 15 is 0 Å². The zero-order valence-corrected chi connectivity index (χ0v) is 28.5. The first-order chi connectivity index (χ1) is 23.1. The maximum atomic E-state index is 11.4. The summed E-state index contributed by atoms with van der Waals surface area (Å²) in [6, 6.07) is 0. The molecule has 48 heavy (non-hydrogen) atoms. The number of hydrogen-bond acceptors (Lipinski definition) is 4. The first kappa shape index (κ1) is 45.4. The van der Waals surface area contributed by atoms with Crippen molar-refractivity contribution in [3.05, 3.63) is 122 Å². The highest BCUT2D eigenvalue weighted by Gasteiger charge is 2.19. The number of carbonyl (C=O) groups is 4. The third-order valence-corrected chi connectivity index (χ3v) is 6.83. The van der Waals surface area contributed by atoms with Crippen LogP contribution in [0.25, 0.3) is 0 Å². The summed E-state index contributed by atoms with van der Waals surface area (Å²) in [5.74, 6) is -4.71. The first-order valence-corrected chi connectivity index (χ1v) is 16.5. The number of allylic oxidation sites excluding steroid dienone is 12. The Morgan fingerprint density at radius 2 is 0.521 bits per heavy atom. The highest BCUT2D eigenvalue weighted by molar-refractivity contribution is 5.99. The van der Waals surface area contributed by atoms with E-state index in [4.69, 9.17) is 0 Å². The largest absolute Gasteiger partial charge is 0.478 e. The highest BCUT2D eigenvalue weighted by atomic mass is 16.4. The van der Waals surface area contributed by atoms with E-state index in [1.165, 1.54) is 0 Å². The second kappa shape index (κ2) is 32.2. The molecule has 0 radical (unpaired) electrons. The second-order valence-electron chi connectivity index (χ2n) is 10.7. The number of rotatable bonds is 28. The SMILES string of the molecule is C=CCCCC=CC/C(C(=O)O)=C(\CC=CCCCC=C)C(=O)O.C=CCCCC=CCC(C(=O)O)=C(CC=CCCCC=C)C(=O)O. The molecule has 0 amide bonds. The first-order valence-electron chi connectivity index (χ1n) is 16.5. The molecule has 0 aliphatic rings. The highest BCUT2D eigenvalue weighted by Crippen LogP contribution is 2.18. The van der Waals surface area contributed by atoms with E-state index in [2.05, 4.69) is 26.3 Å². The lowest BCUT2D eigenvalue weighted by Crippen LogP contribution is -2.10. The Kier molecular flexibility index (Phi) is 30.5. The van der Waals surface area contributed by atoms with Crippen molar-refractivity contribution in [2.75, 3.05) is 0 Å². The van der Waals surface area contributed by atoms with E-state index in [1.807, 2.05) is 48.6 Å². The van der Waals surface area contributed by atoms with Crippen molar-refractivity contribution in [3.8, 4) is 0 Å². The van der Waals surface area contributed by atoms with Crippen LogP contribution < -0.4 is 0 Å². The molecular formula is C40H56O8. The summed E-state index contributed by atoms with van der Waals surface area (Å²) >= 11 is 0. The van der Waals surface area contributed by atoms with Gasteiger partial charge >= 0.3 is 23.9 Å². The molecule has 0 aromatic carbocycles. The number of carboxylic acids is 4. The Labute approximate surface area is 287 Å². The molecule has 0 bridgehead atoms. The third-order valence-electron chi connectivity index (χ3n) is 6.83. The summed E-state index contributed by atoms with van der Waals surface area (Å²) in [6.07, 6.45) is 33.0. The topological polar surface area (TPSA) is 149 Å². The van der Waals surface area contributed by atoms with Crippen LogP contribution >= 0.6 is 0 Å². The number of carboxylic acid groups (broad SMARTS) is 4. The van der Waals surface area contributed by atoms with E-state index in [-0.39, 0.29) is 48.0 Å². The summed E-state index contributed by atoms with van der Waals surface area (Å²) in [7, 11) is 0. The molecule has 0 aliphatic carbocycles. The predicted molar refractivity (Wildman–Crippen MR) is 196 cm³/mol. The molecule has 0 atom stereocenters. The third kappa shape index (κ3) is 25.5. The van der Waals surface area contributed by atoms with Crippen LogP contribution in [0.4, 0.5) is 0 Å². The fourth-order valence-electron chi connectivity index (χ4n) is 4.15. The molecule has 0 aliphatic heterocycles. The zero-order chi connectivity index (χ0) is 36.4. The van der Waals surface area contributed by atoms with Crippen molar-refractivity contribution in [1.29, 1.82) is 0 Å². The number of unbranched alkanes of at least 4 members (excludes halogenated alkanes) is 8. The van der Waals surface area contributed by atoms with E-state index in [0.29, 0.717) is 0 Å². The van der Waals surface area contributed by atoms with E-state index < -0.39 is 23.9 Å². The Bertz CT molecular complexity index is 1020. The molecule has 0 saturated carbocycles. The van der Waals surface area contributed by atoms with Crippen LogP contribution in [-0.4, -0.2) is 44.3 Å². The van der Waals surface area contributed by atoms with Gasteiger partial charge in [-0.25, -0.2) is 19.2 Å². The van der Waals surface area contributed by atoms with Crippen molar-refractivity contribution in [2.45, 2.75) is 103 Å². The van der Waals surface area contributed by atoms with E-state index in [1.54, 1.807) is 24.3 Å². The fraction of sp³-hybridized carbons (Fsp3) is 0.400. The average Bonchev–Trinajstić information content (AvgIpc) is 3.04. The Hall–Kier alpha value is -4.72. The van der Waals surface area contributed by atoms with Crippen molar-refractivity contribution in [2.24, 2.45) is 0 Å². The smallest absolute Gasteiger partial charge is 0.332 e. The lowest BCUT2D eigenvalue weighted by atomic mass is 10.0. The van der Waals surface area contributed by atoms with Crippen molar-refractivity contribution < 1.29 is 39.6 Å². The zero-order valence-electron chi connectivity index (χ0n) is 28.5. The Morgan fingerprint density at radius 1 is 0.333 bits per heavy atom. The minimum absolute atomic E-state index is 0.0572. The van der Waals surface area contributed by atoms with Gasteiger partial charge in [-0.1, -0.05) is 72.9 Å². The average molecular weight is 665 g/mol. The Morgan fingerprint density at radius 3 is 0.667 bits per heavy atom. The van der Waals surface area contributed by atoms with Gasteiger partial charge < -0.3 is 20.4 Å². The van der Waals surface area contributed by atoms with Gasteiger partial charge in [0.25, 0.3) is 0 Å². The van der Waals surface area contributed by atoms with Crippen LogP contribution in [0.15, 0.2) is 122 Å². The molecule has 4 N–H and O–H groups in total. The van der Waals surface area contributed by atoms with E-state index in [9.17, 15) is 39.6 Å². The molecule has 0 aromatic rings. The minimum Gasteiger partial charge on any atom is -0.478 e. The molecule has 0 spiro atoms. The van der Waals surface area contributed by atoms with Crippen molar-refractivity contribution in [3.63, 3.8) is 0 Å². The molecule has 0 fully saturated rings. The molecule has 264 valence electrons. The summed E-state index contributed by atoms with van der Waals surface area (Å²) in [5.41, 5.74) is -0.229. The monoisotopic (exact) mass is 664 g/mol. The van der Waals surface area contributed by atoms with Crippen LogP contribution in [0.1, 0.15) is 103 Å². The van der Waals surface area contributed by atoms with Crippen LogP contribution in [0.2, 0.25) is 0 Å². The lowest BCUT2D eigenvalue weighted by molar-refractivity contribution is -0.136. The molecular weight excluding hydrogens is 608 g/mol. The number of aliphatic carboxylic acids is 4. The van der Waals surface area contributed by atoms with Gasteiger partial charge in [0, 0.05) is 0 Å². The standard InChI is InChI=1S/2C20H28O4/c2*1-3-5-7-9-11-13-15-17(19(21)22)18(20(23)24)16-14-12-10-8-6-4-2/h2*3-4,11-14H,1-2,5-10,15-16H2,(H,21,22)(H,23,24)/b13-11?,14-12?,18-17-;. The molecule has 0 aromatic heterocycles. The lowest BCUT2D eigenvalue weighted by Gasteiger charge is -2.05.